The Morgan fingerprint density at radius 2 is 2.00 bits per heavy atom. The molecule has 0 bridgehead atoms. The van der Waals surface area contributed by atoms with E-state index >= 15 is 0 Å². The second-order valence-electron chi connectivity index (χ2n) is 3.55. The summed E-state index contributed by atoms with van der Waals surface area (Å²) in [6.45, 7) is 2.66. The van der Waals surface area contributed by atoms with Crippen LogP contribution < -0.4 is 5.32 Å². The Morgan fingerprint density at radius 3 is 2.50 bits per heavy atom. The Hall–Kier alpha value is -1.40. The molecular formula is C13H15F2N. The molecule has 3 heteroatoms. The molecule has 0 aliphatic carbocycles. The van der Waals surface area contributed by atoms with Gasteiger partial charge in [0.05, 0.1) is 0 Å². The van der Waals surface area contributed by atoms with Gasteiger partial charge in [0.25, 0.3) is 0 Å². The van der Waals surface area contributed by atoms with Gasteiger partial charge in [-0.3, -0.25) is 0 Å². The third-order valence-corrected chi connectivity index (χ3v) is 2.31. The minimum Gasteiger partial charge on any atom is -0.309 e. The van der Waals surface area contributed by atoms with E-state index in [1.165, 1.54) is 18.2 Å². The molecule has 0 saturated carbocycles. The van der Waals surface area contributed by atoms with E-state index in [0.717, 1.165) is 6.42 Å². The highest BCUT2D eigenvalue weighted by Crippen LogP contribution is 2.22. The first-order chi connectivity index (χ1) is 7.70. The summed E-state index contributed by atoms with van der Waals surface area (Å²) in [6, 6.07) is 3.39. The van der Waals surface area contributed by atoms with Crippen molar-refractivity contribution in [3.8, 4) is 12.3 Å². The summed E-state index contributed by atoms with van der Waals surface area (Å²) in [7, 11) is 0. The van der Waals surface area contributed by atoms with Crippen molar-refractivity contribution in [3.63, 3.8) is 0 Å². The minimum absolute atomic E-state index is 0.0360. The van der Waals surface area contributed by atoms with Gasteiger partial charge in [-0.25, -0.2) is 8.78 Å². The van der Waals surface area contributed by atoms with Crippen LogP contribution in [0.1, 0.15) is 31.4 Å². The predicted octanol–water partition coefficient (Wildman–Crippen LogP) is 3.03. The van der Waals surface area contributed by atoms with Crippen LogP contribution in [0.15, 0.2) is 18.2 Å². The van der Waals surface area contributed by atoms with Crippen molar-refractivity contribution in [3.05, 3.63) is 35.4 Å². The van der Waals surface area contributed by atoms with E-state index < -0.39 is 17.7 Å². The van der Waals surface area contributed by atoms with Crippen LogP contribution in [0, 0.1) is 24.0 Å². The topological polar surface area (TPSA) is 12.0 Å². The first-order valence-electron chi connectivity index (χ1n) is 5.31. The molecule has 16 heavy (non-hydrogen) atoms. The highest BCUT2D eigenvalue weighted by atomic mass is 19.1. The normalized spacial score (nSPS) is 12.1. The molecule has 1 unspecified atom stereocenters. The Kier molecular flexibility index (Phi) is 4.94. The molecule has 0 aromatic heterocycles. The minimum atomic E-state index is -0.552. The van der Waals surface area contributed by atoms with Gasteiger partial charge >= 0.3 is 0 Å². The largest absolute Gasteiger partial charge is 0.309 e. The van der Waals surface area contributed by atoms with Crippen LogP contribution in [0.25, 0.3) is 0 Å². The molecule has 0 radical (unpaired) electrons. The predicted molar refractivity (Wildman–Crippen MR) is 60.8 cm³/mol. The molecule has 0 fully saturated rings. The van der Waals surface area contributed by atoms with Crippen molar-refractivity contribution < 1.29 is 8.78 Å². The summed E-state index contributed by atoms with van der Waals surface area (Å²) in [6.07, 6.45) is 6.37. The molecular weight excluding hydrogens is 208 g/mol. The maximum Gasteiger partial charge on any atom is 0.130 e. The fourth-order valence-electron chi connectivity index (χ4n) is 1.56. The Labute approximate surface area is 94.9 Å². The molecule has 0 aliphatic rings. The van der Waals surface area contributed by atoms with Gasteiger partial charge in [-0.2, -0.15) is 0 Å². The molecule has 1 aromatic carbocycles. The van der Waals surface area contributed by atoms with Crippen molar-refractivity contribution in [2.24, 2.45) is 0 Å². The number of nitrogens with one attached hydrogen (secondary N) is 1. The van der Waals surface area contributed by atoms with E-state index in [-0.39, 0.29) is 12.0 Å². The van der Waals surface area contributed by atoms with E-state index in [1.807, 2.05) is 6.92 Å². The maximum absolute atomic E-state index is 13.5. The zero-order chi connectivity index (χ0) is 12.0. The molecule has 0 amide bonds. The van der Waals surface area contributed by atoms with Crippen molar-refractivity contribution in [1.82, 2.24) is 5.32 Å². The monoisotopic (exact) mass is 223 g/mol. The third-order valence-electron chi connectivity index (χ3n) is 2.31. The van der Waals surface area contributed by atoms with Gasteiger partial charge < -0.3 is 5.32 Å². The quantitative estimate of drug-likeness (QED) is 0.756. The lowest BCUT2D eigenvalue weighted by Gasteiger charge is -2.17. The molecule has 1 aromatic rings. The number of rotatable bonds is 5. The average molecular weight is 223 g/mol. The van der Waals surface area contributed by atoms with E-state index in [0.29, 0.717) is 6.54 Å². The first-order valence-corrected chi connectivity index (χ1v) is 5.31. The molecule has 0 saturated heterocycles. The van der Waals surface area contributed by atoms with Crippen LogP contribution in [0.5, 0.6) is 0 Å². The molecule has 0 spiro atoms. The Bertz CT molecular complexity index is 362. The highest BCUT2D eigenvalue weighted by molar-refractivity contribution is 5.24. The number of terminal acetylenes is 1. The lowest BCUT2D eigenvalue weighted by molar-refractivity contribution is 0.472. The number of halogens is 2. The fraction of sp³-hybridized carbons (Fsp3) is 0.385. The van der Waals surface area contributed by atoms with Crippen LogP contribution in [0.3, 0.4) is 0 Å². The van der Waals surface area contributed by atoms with Crippen LogP contribution in [-0.4, -0.2) is 6.54 Å². The van der Waals surface area contributed by atoms with Gasteiger partial charge in [-0.1, -0.05) is 13.0 Å². The van der Waals surface area contributed by atoms with Crippen molar-refractivity contribution in [2.45, 2.75) is 25.8 Å². The summed E-state index contributed by atoms with van der Waals surface area (Å²) in [5.41, 5.74) is 0.0360. The van der Waals surface area contributed by atoms with E-state index in [2.05, 4.69) is 11.2 Å². The fourth-order valence-corrected chi connectivity index (χ4v) is 1.56. The maximum atomic E-state index is 13.5. The molecule has 0 aliphatic heterocycles. The molecule has 86 valence electrons. The molecule has 1 atom stereocenters. The first kappa shape index (κ1) is 12.7. The number of hydrogen-bond acceptors (Lipinski definition) is 1. The number of benzene rings is 1. The molecule has 1 nitrogen and oxygen atoms in total. The second kappa shape index (κ2) is 6.24. The average Bonchev–Trinajstić information content (AvgIpc) is 2.25. The zero-order valence-electron chi connectivity index (χ0n) is 9.26. The Balaban J connectivity index is 2.96. The van der Waals surface area contributed by atoms with Gasteiger partial charge in [0.15, 0.2) is 0 Å². The smallest absolute Gasteiger partial charge is 0.130 e. The lowest BCUT2D eigenvalue weighted by Crippen LogP contribution is -2.23. The summed E-state index contributed by atoms with van der Waals surface area (Å²) in [5.74, 6) is 1.33. The molecule has 0 heterocycles. The van der Waals surface area contributed by atoms with E-state index in [4.69, 9.17) is 6.42 Å². The summed E-state index contributed by atoms with van der Waals surface area (Å²) >= 11 is 0. The third kappa shape index (κ3) is 3.04. The Morgan fingerprint density at radius 1 is 1.38 bits per heavy atom. The number of hydrogen-bond donors (Lipinski definition) is 1. The van der Waals surface area contributed by atoms with Gasteiger partial charge in [0.2, 0.25) is 0 Å². The van der Waals surface area contributed by atoms with Gasteiger partial charge in [-0.05, 0) is 25.1 Å². The van der Waals surface area contributed by atoms with Crippen molar-refractivity contribution in [1.29, 1.82) is 0 Å². The summed E-state index contributed by atoms with van der Waals surface area (Å²) in [5, 5.41) is 3.05. The molecule has 1 rings (SSSR count). The van der Waals surface area contributed by atoms with Crippen LogP contribution in [0.2, 0.25) is 0 Å². The van der Waals surface area contributed by atoms with E-state index in [9.17, 15) is 8.78 Å². The summed E-state index contributed by atoms with van der Waals surface area (Å²) in [4.78, 5) is 0. The van der Waals surface area contributed by atoms with E-state index in [1.54, 1.807) is 0 Å². The van der Waals surface area contributed by atoms with Crippen molar-refractivity contribution >= 4 is 0 Å². The zero-order valence-corrected chi connectivity index (χ0v) is 9.26. The lowest BCUT2D eigenvalue weighted by atomic mass is 10.0. The van der Waals surface area contributed by atoms with Gasteiger partial charge in [-0.15, -0.1) is 12.3 Å². The second-order valence-corrected chi connectivity index (χ2v) is 3.55. The summed E-state index contributed by atoms with van der Waals surface area (Å²) < 4.78 is 27.0. The van der Waals surface area contributed by atoms with Crippen molar-refractivity contribution in [2.75, 3.05) is 6.54 Å². The molecule has 1 N–H and O–H groups in total. The standard InChI is InChI=1S/C13H15F2N/c1-3-6-12(16-9-4-2)13-10(14)7-5-8-11(13)15/h1,5,7-8,12,16H,4,6,9H2,2H3. The van der Waals surface area contributed by atoms with Gasteiger partial charge in [0.1, 0.15) is 11.6 Å². The van der Waals surface area contributed by atoms with Gasteiger partial charge in [0, 0.05) is 18.0 Å². The van der Waals surface area contributed by atoms with Crippen LogP contribution in [0.4, 0.5) is 8.78 Å². The highest BCUT2D eigenvalue weighted by Gasteiger charge is 2.18. The van der Waals surface area contributed by atoms with Crippen LogP contribution in [-0.2, 0) is 0 Å². The van der Waals surface area contributed by atoms with Crippen LogP contribution >= 0.6 is 0 Å². The SMILES string of the molecule is C#CCC(NCCC)c1c(F)cccc1F.